The van der Waals surface area contributed by atoms with Crippen LogP contribution in [0, 0.1) is 5.92 Å². The molecule has 6 heteroatoms. The maximum atomic E-state index is 12.4. The summed E-state index contributed by atoms with van der Waals surface area (Å²) in [6, 6.07) is 8.07. The second-order valence-corrected chi connectivity index (χ2v) is 7.35. The molecule has 0 aromatic heterocycles. The lowest BCUT2D eigenvalue weighted by atomic mass is 9.99. The van der Waals surface area contributed by atoms with Crippen LogP contribution in [0.3, 0.4) is 0 Å². The average molecular weight is 381 g/mol. The summed E-state index contributed by atoms with van der Waals surface area (Å²) in [5, 5.41) is 6.58. The van der Waals surface area contributed by atoms with Crippen molar-refractivity contribution < 1.29 is 4.79 Å². The lowest BCUT2D eigenvalue weighted by Crippen LogP contribution is -2.50. The van der Waals surface area contributed by atoms with Crippen LogP contribution in [0.1, 0.15) is 25.3 Å². The van der Waals surface area contributed by atoms with Crippen molar-refractivity contribution in [1.29, 1.82) is 0 Å². The van der Waals surface area contributed by atoms with Gasteiger partial charge in [-0.3, -0.25) is 9.69 Å². The summed E-state index contributed by atoms with van der Waals surface area (Å²) in [6.07, 6.45) is 3.60. The predicted molar refractivity (Wildman–Crippen MR) is 110 cm³/mol. The van der Waals surface area contributed by atoms with E-state index in [9.17, 15) is 4.79 Å². The zero-order valence-electron chi connectivity index (χ0n) is 15.9. The summed E-state index contributed by atoms with van der Waals surface area (Å²) in [6.45, 7) is 10.3. The number of anilines is 1. The second kappa shape index (κ2) is 10.9. The lowest BCUT2D eigenvalue weighted by Gasteiger charge is -2.37. The molecule has 26 heavy (non-hydrogen) atoms. The van der Waals surface area contributed by atoms with Gasteiger partial charge in [-0.05, 0) is 49.9 Å². The summed E-state index contributed by atoms with van der Waals surface area (Å²) in [4.78, 5) is 17.2. The first kappa shape index (κ1) is 21.2. The molecule has 1 atom stereocenters. The first-order valence-electron chi connectivity index (χ1n) is 9.77. The van der Waals surface area contributed by atoms with Crippen molar-refractivity contribution >= 4 is 24.0 Å². The Hall–Kier alpha value is -1.14. The minimum atomic E-state index is 0. The van der Waals surface area contributed by atoms with E-state index in [0.717, 1.165) is 44.2 Å². The third kappa shape index (κ3) is 6.23. The first-order chi connectivity index (χ1) is 12.2. The van der Waals surface area contributed by atoms with Gasteiger partial charge in [-0.15, -0.1) is 12.4 Å². The average Bonchev–Trinajstić information content (AvgIpc) is 2.64. The fraction of sp³-hybridized carbons (Fsp3) is 0.650. The van der Waals surface area contributed by atoms with Crippen LogP contribution in [-0.4, -0.2) is 68.1 Å². The van der Waals surface area contributed by atoms with Gasteiger partial charge in [0.25, 0.3) is 0 Å². The van der Waals surface area contributed by atoms with Crippen molar-refractivity contribution in [1.82, 2.24) is 15.1 Å². The Morgan fingerprint density at radius 2 is 1.92 bits per heavy atom. The van der Waals surface area contributed by atoms with Gasteiger partial charge in [-0.25, -0.2) is 0 Å². The topological polar surface area (TPSA) is 47.6 Å². The van der Waals surface area contributed by atoms with E-state index in [0.29, 0.717) is 6.54 Å². The van der Waals surface area contributed by atoms with Gasteiger partial charge in [0.05, 0.1) is 6.54 Å². The highest BCUT2D eigenvalue weighted by Crippen LogP contribution is 2.16. The molecule has 1 aromatic carbocycles. The number of piperidine rings is 1. The monoisotopic (exact) mass is 380 g/mol. The van der Waals surface area contributed by atoms with Crippen LogP contribution in [-0.2, 0) is 11.2 Å². The molecule has 2 saturated heterocycles. The number of aryl methyl sites for hydroxylation is 1. The number of amides is 1. The molecule has 0 saturated carbocycles. The fourth-order valence-electron chi connectivity index (χ4n) is 3.92. The highest BCUT2D eigenvalue weighted by atomic mass is 35.5. The highest BCUT2D eigenvalue weighted by molar-refractivity contribution is 5.93. The van der Waals surface area contributed by atoms with E-state index in [1.54, 1.807) is 0 Å². The number of benzene rings is 1. The van der Waals surface area contributed by atoms with E-state index in [1.807, 2.05) is 18.2 Å². The van der Waals surface area contributed by atoms with Gasteiger partial charge >= 0.3 is 0 Å². The molecular weight excluding hydrogens is 348 g/mol. The SMILES string of the molecule is CCc1ccccc1NC(=O)CN1CCN(CC2CCCNC2)CC1.Cl. The molecule has 0 spiro atoms. The minimum absolute atomic E-state index is 0. The standard InChI is InChI=1S/C20H32N4O.ClH/c1-2-18-7-3-4-8-19(18)22-20(25)16-24-12-10-23(11-13-24)15-17-6-5-9-21-14-17;/h3-4,7-8,17,21H,2,5-6,9-16H2,1H3,(H,22,25);1H. The Labute approximate surface area is 163 Å². The Balaban J connectivity index is 0.00000243. The first-order valence-corrected chi connectivity index (χ1v) is 9.77. The lowest BCUT2D eigenvalue weighted by molar-refractivity contribution is -0.117. The molecule has 1 unspecified atom stereocenters. The summed E-state index contributed by atoms with van der Waals surface area (Å²) in [5.74, 6) is 0.903. The zero-order chi connectivity index (χ0) is 17.5. The fourth-order valence-corrected chi connectivity index (χ4v) is 3.92. The second-order valence-electron chi connectivity index (χ2n) is 7.35. The van der Waals surface area contributed by atoms with Crippen molar-refractivity contribution in [2.24, 2.45) is 5.92 Å². The third-order valence-corrected chi connectivity index (χ3v) is 5.42. The highest BCUT2D eigenvalue weighted by Gasteiger charge is 2.22. The molecule has 1 amide bonds. The van der Waals surface area contributed by atoms with Crippen molar-refractivity contribution in [3.05, 3.63) is 29.8 Å². The van der Waals surface area contributed by atoms with E-state index in [4.69, 9.17) is 0 Å². The van der Waals surface area contributed by atoms with Crippen LogP contribution >= 0.6 is 12.4 Å². The minimum Gasteiger partial charge on any atom is -0.325 e. The van der Waals surface area contributed by atoms with E-state index in [2.05, 4.69) is 33.4 Å². The number of carbonyl (C=O) groups is 1. The van der Waals surface area contributed by atoms with Gasteiger partial charge in [0, 0.05) is 38.4 Å². The number of halogens is 1. The van der Waals surface area contributed by atoms with E-state index >= 15 is 0 Å². The summed E-state index contributed by atoms with van der Waals surface area (Å²) < 4.78 is 0. The Kier molecular flexibility index (Phi) is 8.85. The van der Waals surface area contributed by atoms with Crippen LogP contribution in [0.5, 0.6) is 0 Å². The molecule has 2 N–H and O–H groups in total. The molecule has 2 heterocycles. The Morgan fingerprint density at radius 3 is 2.62 bits per heavy atom. The van der Waals surface area contributed by atoms with E-state index in [-0.39, 0.29) is 18.3 Å². The molecule has 2 fully saturated rings. The normalized spacial score (nSPS) is 21.8. The molecule has 3 rings (SSSR count). The predicted octanol–water partition coefficient (Wildman–Crippen LogP) is 2.23. The summed E-state index contributed by atoms with van der Waals surface area (Å²) in [5.41, 5.74) is 2.15. The van der Waals surface area contributed by atoms with Crippen LogP contribution < -0.4 is 10.6 Å². The number of nitrogens with zero attached hydrogens (tertiary/aromatic N) is 2. The molecule has 0 aliphatic carbocycles. The summed E-state index contributed by atoms with van der Waals surface area (Å²) in [7, 11) is 0. The molecule has 5 nitrogen and oxygen atoms in total. The zero-order valence-corrected chi connectivity index (χ0v) is 16.7. The number of hydrogen-bond acceptors (Lipinski definition) is 4. The molecule has 2 aliphatic heterocycles. The van der Waals surface area contributed by atoms with Gasteiger partial charge in [0.2, 0.25) is 5.91 Å². The maximum absolute atomic E-state index is 12.4. The molecule has 146 valence electrons. The number of piperazine rings is 1. The van der Waals surface area contributed by atoms with Crippen molar-refractivity contribution in [3.63, 3.8) is 0 Å². The molecule has 1 aromatic rings. The number of carbonyl (C=O) groups excluding carboxylic acids is 1. The molecule has 0 bridgehead atoms. The molecular formula is C20H33ClN4O. The van der Waals surface area contributed by atoms with Gasteiger partial charge in [-0.2, -0.15) is 0 Å². The Morgan fingerprint density at radius 1 is 1.19 bits per heavy atom. The number of para-hydroxylation sites is 1. The maximum Gasteiger partial charge on any atom is 0.238 e. The Bertz CT molecular complexity index is 554. The van der Waals surface area contributed by atoms with Crippen LogP contribution in [0.25, 0.3) is 0 Å². The van der Waals surface area contributed by atoms with Gasteiger partial charge < -0.3 is 15.5 Å². The molecule has 0 radical (unpaired) electrons. The van der Waals surface area contributed by atoms with Crippen LogP contribution in [0.15, 0.2) is 24.3 Å². The van der Waals surface area contributed by atoms with Crippen LogP contribution in [0.2, 0.25) is 0 Å². The smallest absolute Gasteiger partial charge is 0.238 e. The van der Waals surface area contributed by atoms with Gasteiger partial charge in [0.15, 0.2) is 0 Å². The van der Waals surface area contributed by atoms with E-state index < -0.39 is 0 Å². The van der Waals surface area contributed by atoms with Crippen molar-refractivity contribution in [2.45, 2.75) is 26.2 Å². The van der Waals surface area contributed by atoms with Crippen molar-refractivity contribution in [3.8, 4) is 0 Å². The number of hydrogen-bond donors (Lipinski definition) is 2. The van der Waals surface area contributed by atoms with Gasteiger partial charge in [-0.1, -0.05) is 25.1 Å². The quantitative estimate of drug-likeness (QED) is 0.794. The largest absolute Gasteiger partial charge is 0.325 e. The van der Waals surface area contributed by atoms with E-state index in [1.165, 1.54) is 38.0 Å². The molecule has 2 aliphatic rings. The number of rotatable bonds is 6. The van der Waals surface area contributed by atoms with Crippen LogP contribution in [0.4, 0.5) is 5.69 Å². The van der Waals surface area contributed by atoms with Crippen molar-refractivity contribution in [2.75, 3.05) is 57.7 Å². The number of nitrogens with one attached hydrogen (secondary N) is 2. The summed E-state index contributed by atoms with van der Waals surface area (Å²) >= 11 is 0. The van der Waals surface area contributed by atoms with Gasteiger partial charge in [0.1, 0.15) is 0 Å². The third-order valence-electron chi connectivity index (χ3n) is 5.42.